The maximum atomic E-state index is 5.84. The Hall–Kier alpha value is 0.0969. The molecule has 0 radical (unpaired) electrons. The Bertz CT molecular complexity index is 224. The van der Waals surface area contributed by atoms with E-state index in [0.717, 1.165) is 13.1 Å². The molecule has 0 spiro atoms. The second-order valence-corrected chi connectivity index (χ2v) is 9.76. The van der Waals surface area contributed by atoms with Crippen LogP contribution in [0.5, 0.6) is 0 Å². The van der Waals surface area contributed by atoms with Crippen molar-refractivity contribution in [3.63, 3.8) is 0 Å². The van der Waals surface area contributed by atoms with E-state index in [0.29, 0.717) is 11.0 Å². The van der Waals surface area contributed by atoms with E-state index in [9.17, 15) is 0 Å². The van der Waals surface area contributed by atoms with E-state index in [1.165, 1.54) is 12.8 Å². The molecule has 1 fully saturated rings. The van der Waals surface area contributed by atoms with E-state index in [2.05, 4.69) is 32.3 Å². The van der Waals surface area contributed by atoms with Crippen LogP contribution in [-0.4, -0.2) is 40.6 Å². The second kappa shape index (κ2) is 5.17. The molecule has 1 aliphatic rings. The molecule has 0 aliphatic carbocycles. The summed E-state index contributed by atoms with van der Waals surface area (Å²) in [6.07, 6.45) is 2.49. The van der Waals surface area contributed by atoms with Crippen molar-refractivity contribution < 1.29 is 8.85 Å². The highest BCUT2D eigenvalue weighted by atomic mass is 28.4. The van der Waals surface area contributed by atoms with Crippen molar-refractivity contribution in [3.05, 3.63) is 0 Å². The molecular weight excluding hydrogens is 218 g/mol. The summed E-state index contributed by atoms with van der Waals surface area (Å²) in [5, 5.41) is 0. The minimum atomic E-state index is -2.14. The van der Waals surface area contributed by atoms with Gasteiger partial charge in [0.1, 0.15) is 0 Å². The highest BCUT2D eigenvalue weighted by Crippen LogP contribution is 2.36. The monoisotopic (exact) mass is 245 g/mol. The summed E-state index contributed by atoms with van der Waals surface area (Å²) >= 11 is 0. The lowest BCUT2D eigenvalue weighted by Gasteiger charge is -2.47. The number of rotatable bonds is 3. The molecule has 96 valence electrons. The van der Waals surface area contributed by atoms with Crippen molar-refractivity contribution >= 4 is 8.72 Å². The van der Waals surface area contributed by atoms with Gasteiger partial charge >= 0.3 is 8.72 Å². The van der Waals surface area contributed by atoms with Gasteiger partial charge in [-0.3, -0.25) is 4.57 Å². The van der Waals surface area contributed by atoms with Crippen LogP contribution in [0.4, 0.5) is 0 Å². The Morgan fingerprint density at radius 2 is 1.81 bits per heavy atom. The van der Waals surface area contributed by atoms with Crippen LogP contribution < -0.4 is 0 Å². The Kier molecular flexibility index (Phi) is 4.57. The standard InChI is InChI=1S/C12H27NO2Si/c1-11-8-7-9-13(10-12(2,3)4)16(11,14-5)15-6/h11H,7-10H2,1-6H3. The molecule has 0 aromatic carbocycles. The first-order chi connectivity index (χ1) is 7.35. The summed E-state index contributed by atoms with van der Waals surface area (Å²) < 4.78 is 14.2. The van der Waals surface area contributed by atoms with Crippen LogP contribution in [0.25, 0.3) is 0 Å². The van der Waals surface area contributed by atoms with Crippen molar-refractivity contribution in [2.75, 3.05) is 27.3 Å². The van der Waals surface area contributed by atoms with Crippen LogP contribution in [0.1, 0.15) is 40.5 Å². The minimum absolute atomic E-state index is 0.298. The normalized spacial score (nSPS) is 27.0. The lowest BCUT2D eigenvalue weighted by atomic mass is 9.97. The fourth-order valence-corrected chi connectivity index (χ4v) is 6.59. The molecule has 1 saturated heterocycles. The van der Waals surface area contributed by atoms with Gasteiger partial charge in [-0.15, -0.1) is 0 Å². The molecule has 0 bridgehead atoms. The minimum Gasteiger partial charge on any atom is -0.386 e. The molecule has 1 heterocycles. The van der Waals surface area contributed by atoms with Gasteiger partial charge in [-0.25, -0.2) is 0 Å². The third kappa shape index (κ3) is 2.86. The quantitative estimate of drug-likeness (QED) is 0.714. The van der Waals surface area contributed by atoms with Crippen LogP contribution in [0.2, 0.25) is 5.54 Å². The molecular formula is C12H27NO2Si. The maximum Gasteiger partial charge on any atom is 0.430 e. The van der Waals surface area contributed by atoms with E-state index in [1.807, 2.05) is 14.2 Å². The Morgan fingerprint density at radius 1 is 1.25 bits per heavy atom. The summed E-state index contributed by atoms with van der Waals surface area (Å²) in [5.41, 5.74) is 0.852. The first kappa shape index (κ1) is 14.2. The fourth-order valence-electron chi connectivity index (χ4n) is 2.74. The first-order valence-electron chi connectivity index (χ1n) is 6.21. The molecule has 1 rings (SSSR count). The summed E-state index contributed by atoms with van der Waals surface area (Å²) in [5.74, 6) is 0. The highest BCUT2D eigenvalue weighted by Gasteiger charge is 2.51. The average molecular weight is 245 g/mol. The number of nitrogens with zero attached hydrogens (tertiary/aromatic N) is 1. The van der Waals surface area contributed by atoms with Gasteiger partial charge in [0.25, 0.3) is 0 Å². The molecule has 0 amide bonds. The molecule has 1 atom stereocenters. The van der Waals surface area contributed by atoms with E-state index in [1.54, 1.807) is 0 Å². The van der Waals surface area contributed by atoms with E-state index < -0.39 is 8.72 Å². The highest BCUT2D eigenvalue weighted by molar-refractivity contribution is 6.66. The van der Waals surface area contributed by atoms with Gasteiger partial charge in [0, 0.05) is 26.3 Å². The van der Waals surface area contributed by atoms with Gasteiger partial charge in [-0.1, -0.05) is 27.7 Å². The zero-order valence-corrected chi connectivity index (χ0v) is 12.7. The van der Waals surface area contributed by atoms with Crippen molar-refractivity contribution in [1.82, 2.24) is 4.57 Å². The van der Waals surface area contributed by atoms with Crippen LogP contribution in [0, 0.1) is 5.41 Å². The van der Waals surface area contributed by atoms with Gasteiger partial charge < -0.3 is 8.85 Å². The van der Waals surface area contributed by atoms with Crippen LogP contribution in [-0.2, 0) is 8.85 Å². The molecule has 4 heteroatoms. The first-order valence-corrected chi connectivity index (χ1v) is 8.05. The number of hydrogen-bond acceptors (Lipinski definition) is 3. The largest absolute Gasteiger partial charge is 0.430 e. The summed E-state index contributed by atoms with van der Waals surface area (Å²) in [6.45, 7) is 11.3. The molecule has 3 nitrogen and oxygen atoms in total. The lowest BCUT2D eigenvalue weighted by molar-refractivity contribution is 0.111. The Balaban J connectivity index is 2.86. The van der Waals surface area contributed by atoms with Crippen molar-refractivity contribution in [2.24, 2.45) is 5.41 Å². The summed E-state index contributed by atoms with van der Waals surface area (Å²) in [6, 6.07) is 0. The van der Waals surface area contributed by atoms with Crippen molar-refractivity contribution in [2.45, 2.75) is 46.1 Å². The van der Waals surface area contributed by atoms with Crippen molar-refractivity contribution in [3.8, 4) is 0 Å². The zero-order valence-electron chi connectivity index (χ0n) is 11.7. The molecule has 1 unspecified atom stereocenters. The van der Waals surface area contributed by atoms with Crippen molar-refractivity contribution in [1.29, 1.82) is 0 Å². The molecule has 16 heavy (non-hydrogen) atoms. The fraction of sp³-hybridized carbons (Fsp3) is 1.00. The topological polar surface area (TPSA) is 21.7 Å². The lowest BCUT2D eigenvalue weighted by Crippen LogP contribution is -2.64. The third-order valence-corrected chi connectivity index (χ3v) is 7.35. The van der Waals surface area contributed by atoms with E-state index in [4.69, 9.17) is 8.85 Å². The van der Waals surface area contributed by atoms with Crippen LogP contribution in [0.3, 0.4) is 0 Å². The third-order valence-electron chi connectivity index (χ3n) is 3.38. The van der Waals surface area contributed by atoms with Gasteiger partial charge in [0.15, 0.2) is 0 Å². The Morgan fingerprint density at radius 3 is 2.25 bits per heavy atom. The zero-order chi connectivity index (χ0) is 12.4. The SMILES string of the molecule is CO[Si]1(OC)C(C)CCCN1CC(C)(C)C. The smallest absolute Gasteiger partial charge is 0.386 e. The van der Waals surface area contributed by atoms with Gasteiger partial charge in [0.2, 0.25) is 0 Å². The predicted molar refractivity (Wildman–Crippen MR) is 69.5 cm³/mol. The van der Waals surface area contributed by atoms with E-state index >= 15 is 0 Å². The summed E-state index contributed by atoms with van der Waals surface area (Å²) in [4.78, 5) is 0. The Labute approximate surface area is 101 Å². The molecule has 0 aromatic heterocycles. The molecule has 1 aliphatic heterocycles. The van der Waals surface area contributed by atoms with E-state index in [-0.39, 0.29) is 0 Å². The van der Waals surface area contributed by atoms with Crippen LogP contribution in [0.15, 0.2) is 0 Å². The van der Waals surface area contributed by atoms with Gasteiger partial charge in [-0.2, -0.15) is 0 Å². The summed E-state index contributed by atoms with van der Waals surface area (Å²) in [7, 11) is 1.49. The maximum absolute atomic E-state index is 5.84. The van der Waals surface area contributed by atoms with Gasteiger partial charge in [0.05, 0.1) is 0 Å². The van der Waals surface area contributed by atoms with Crippen LogP contribution >= 0.6 is 0 Å². The molecule has 0 saturated carbocycles. The predicted octanol–water partition coefficient (Wildman–Crippen LogP) is 2.75. The number of hydrogen-bond donors (Lipinski definition) is 0. The van der Waals surface area contributed by atoms with Gasteiger partial charge in [-0.05, 0) is 24.8 Å². The average Bonchev–Trinajstić information content (AvgIpc) is 2.17. The second-order valence-electron chi connectivity index (χ2n) is 6.06. The molecule has 0 aromatic rings. The molecule has 0 N–H and O–H groups in total.